The summed E-state index contributed by atoms with van der Waals surface area (Å²) in [7, 11) is 0. The van der Waals surface area contributed by atoms with Gasteiger partial charge in [0.15, 0.2) is 18.2 Å². The Morgan fingerprint density at radius 1 is 1.35 bits per heavy atom. The molecule has 2 amide bonds. The van der Waals surface area contributed by atoms with Crippen molar-refractivity contribution in [1.29, 1.82) is 0 Å². The molecule has 1 unspecified atom stereocenters. The lowest BCUT2D eigenvalue weighted by Crippen LogP contribution is -2.46. The Balaban J connectivity index is 2.37. The molecule has 110 valence electrons. The van der Waals surface area contributed by atoms with Crippen molar-refractivity contribution >= 4 is 11.8 Å². The van der Waals surface area contributed by atoms with E-state index >= 15 is 0 Å². The molecule has 0 heterocycles. The molecule has 0 fully saturated rings. The largest absolute Gasteiger partial charge is 0.481 e. The highest BCUT2D eigenvalue weighted by Gasteiger charge is 2.15. The Bertz CT molecular complexity index is 465. The summed E-state index contributed by atoms with van der Waals surface area (Å²) in [5.74, 6) is -1.27. The molecule has 6 heteroatoms. The van der Waals surface area contributed by atoms with Gasteiger partial charge in [0, 0.05) is 6.54 Å². The Morgan fingerprint density at radius 3 is 2.70 bits per heavy atom. The second-order valence-electron chi connectivity index (χ2n) is 4.30. The van der Waals surface area contributed by atoms with E-state index in [1.54, 1.807) is 13.0 Å². The molecule has 0 bridgehead atoms. The third-order valence-electron chi connectivity index (χ3n) is 2.52. The van der Waals surface area contributed by atoms with E-state index in [1.165, 1.54) is 18.2 Å². The van der Waals surface area contributed by atoms with Gasteiger partial charge in [-0.25, -0.2) is 4.39 Å². The summed E-state index contributed by atoms with van der Waals surface area (Å²) in [5.41, 5.74) is 0. The van der Waals surface area contributed by atoms with Crippen LogP contribution in [-0.2, 0) is 9.59 Å². The lowest BCUT2D eigenvalue weighted by atomic mass is 10.3. The van der Waals surface area contributed by atoms with Crippen LogP contribution in [0.1, 0.15) is 20.3 Å². The fraction of sp³-hybridized carbons (Fsp3) is 0.429. The van der Waals surface area contributed by atoms with Gasteiger partial charge in [-0.05, 0) is 25.5 Å². The highest BCUT2D eigenvalue weighted by molar-refractivity contribution is 5.87. The fourth-order valence-electron chi connectivity index (χ4n) is 1.46. The minimum Gasteiger partial charge on any atom is -0.481 e. The van der Waals surface area contributed by atoms with Crippen LogP contribution in [-0.4, -0.2) is 31.0 Å². The van der Waals surface area contributed by atoms with Crippen molar-refractivity contribution in [1.82, 2.24) is 10.6 Å². The average molecular weight is 282 g/mol. The molecule has 2 N–H and O–H groups in total. The summed E-state index contributed by atoms with van der Waals surface area (Å²) in [6.07, 6.45) is 0.822. The third-order valence-corrected chi connectivity index (χ3v) is 2.52. The lowest BCUT2D eigenvalue weighted by Gasteiger charge is -2.14. The summed E-state index contributed by atoms with van der Waals surface area (Å²) >= 11 is 0. The van der Waals surface area contributed by atoms with E-state index < -0.39 is 17.8 Å². The quantitative estimate of drug-likeness (QED) is 0.790. The first kappa shape index (κ1) is 15.9. The molecule has 20 heavy (non-hydrogen) atoms. The van der Waals surface area contributed by atoms with Crippen LogP contribution in [0, 0.1) is 5.82 Å². The van der Waals surface area contributed by atoms with Gasteiger partial charge in [0.25, 0.3) is 5.91 Å². The summed E-state index contributed by atoms with van der Waals surface area (Å²) < 4.78 is 18.3. The fourth-order valence-corrected chi connectivity index (χ4v) is 1.46. The van der Waals surface area contributed by atoms with Crippen LogP contribution < -0.4 is 15.4 Å². The zero-order valence-corrected chi connectivity index (χ0v) is 11.6. The van der Waals surface area contributed by atoms with Crippen molar-refractivity contribution in [2.45, 2.75) is 26.3 Å². The summed E-state index contributed by atoms with van der Waals surface area (Å²) in [5, 5.41) is 5.15. The van der Waals surface area contributed by atoms with Crippen LogP contribution in [0.25, 0.3) is 0 Å². The Morgan fingerprint density at radius 2 is 2.05 bits per heavy atom. The maximum absolute atomic E-state index is 13.2. The molecular weight excluding hydrogens is 263 g/mol. The standard InChI is InChI=1S/C14H19FN2O3/c1-3-8-16-14(19)10(2)17-13(18)9-20-12-7-5-4-6-11(12)15/h4-7,10H,3,8-9H2,1-2H3,(H,16,19)(H,17,18). The van der Waals surface area contributed by atoms with Gasteiger partial charge in [0.1, 0.15) is 6.04 Å². The molecule has 5 nitrogen and oxygen atoms in total. The molecule has 0 radical (unpaired) electrons. The molecule has 0 saturated heterocycles. The topological polar surface area (TPSA) is 67.4 Å². The Labute approximate surface area is 117 Å². The highest BCUT2D eigenvalue weighted by atomic mass is 19.1. The van der Waals surface area contributed by atoms with Gasteiger partial charge in [0.05, 0.1) is 0 Å². The molecule has 0 aliphatic rings. The van der Waals surface area contributed by atoms with Crippen molar-refractivity contribution in [3.8, 4) is 5.75 Å². The Hall–Kier alpha value is -2.11. The number of hydrogen-bond acceptors (Lipinski definition) is 3. The first-order valence-corrected chi connectivity index (χ1v) is 6.49. The van der Waals surface area contributed by atoms with Crippen LogP contribution in [0.3, 0.4) is 0 Å². The van der Waals surface area contributed by atoms with Crippen LogP contribution in [0.15, 0.2) is 24.3 Å². The third kappa shape index (κ3) is 5.26. The summed E-state index contributed by atoms with van der Waals surface area (Å²) in [4.78, 5) is 23.1. The van der Waals surface area contributed by atoms with Crippen molar-refractivity contribution in [2.24, 2.45) is 0 Å². The van der Waals surface area contributed by atoms with E-state index in [4.69, 9.17) is 4.74 Å². The number of rotatable bonds is 7. The molecule has 0 aliphatic heterocycles. The first-order chi connectivity index (χ1) is 9.54. The van der Waals surface area contributed by atoms with Gasteiger partial charge in [-0.3, -0.25) is 9.59 Å². The van der Waals surface area contributed by atoms with Gasteiger partial charge in [-0.15, -0.1) is 0 Å². The zero-order valence-electron chi connectivity index (χ0n) is 11.6. The molecule has 1 atom stereocenters. The number of hydrogen-bond donors (Lipinski definition) is 2. The number of halogens is 1. The SMILES string of the molecule is CCCNC(=O)C(C)NC(=O)COc1ccccc1F. The summed E-state index contributed by atoms with van der Waals surface area (Å²) in [6, 6.07) is 5.16. The maximum Gasteiger partial charge on any atom is 0.258 e. The molecule has 1 rings (SSSR count). The Kier molecular flexibility index (Phi) is 6.49. The summed E-state index contributed by atoms with van der Waals surface area (Å²) in [6.45, 7) is 3.73. The molecular formula is C14H19FN2O3. The smallest absolute Gasteiger partial charge is 0.258 e. The van der Waals surface area contributed by atoms with Gasteiger partial charge in [-0.1, -0.05) is 19.1 Å². The molecule has 0 aliphatic carbocycles. The maximum atomic E-state index is 13.2. The number of carbonyl (C=O) groups is 2. The molecule has 1 aromatic rings. The monoisotopic (exact) mass is 282 g/mol. The van der Waals surface area contributed by atoms with Crippen LogP contribution in [0.5, 0.6) is 5.75 Å². The van der Waals surface area contributed by atoms with E-state index in [0.717, 1.165) is 6.42 Å². The first-order valence-electron chi connectivity index (χ1n) is 6.49. The predicted octanol–water partition coefficient (Wildman–Crippen LogP) is 1.24. The second kappa shape index (κ2) is 8.14. The highest BCUT2D eigenvalue weighted by Crippen LogP contribution is 2.14. The zero-order chi connectivity index (χ0) is 15.0. The van der Waals surface area contributed by atoms with Crippen LogP contribution in [0.2, 0.25) is 0 Å². The number of ether oxygens (including phenoxy) is 1. The van der Waals surface area contributed by atoms with E-state index in [2.05, 4.69) is 10.6 Å². The van der Waals surface area contributed by atoms with Crippen molar-refractivity contribution in [3.63, 3.8) is 0 Å². The van der Waals surface area contributed by atoms with Crippen molar-refractivity contribution in [2.75, 3.05) is 13.2 Å². The lowest BCUT2D eigenvalue weighted by molar-refractivity contribution is -0.129. The van der Waals surface area contributed by atoms with Gasteiger partial charge < -0.3 is 15.4 Å². The van der Waals surface area contributed by atoms with E-state index in [9.17, 15) is 14.0 Å². The number of amides is 2. The van der Waals surface area contributed by atoms with E-state index in [1.807, 2.05) is 6.92 Å². The van der Waals surface area contributed by atoms with E-state index in [0.29, 0.717) is 6.54 Å². The molecule has 1 aromatic carbocycles. The number of carbonyl (C=O) groups excluding carboxylic acids is 2. The van der Waals surface area contributed by atoms with Crippen molar-refractivity contribution < 1.29 is 18.7 Å². The molecule has 0 saturated carbocycles. The van der Waals surface area contributed by atoms with E-state index in [-0.39, 0.29) is 18.3 Å². The van der Waals surface area contributed by atoms with Gasteiger partial charge in [0.2, 0.25) is 5.91 Å². The normalized spacial score (nSPS) is 11.6. The average Bonchev–Trinajstić information content (AvgIpc) is 2.43. The van der Waals surface area contributed by atoms with Gasteiger partial charge in [-0.2, -0.15) is 0 Å². The van der Waals surface area contributed by atoms with Gasteiger partial charge >= 0.3 is 0 Å². The predicted molar refractivity (Wildman–Crippen MR) is 72.8 cm³/mol. The van der Waals surface area contributed by atoms with Crippen LogP contribution in [0.4, 0.5) is 4.39 Å². The minimum absolute atomic E-state index is 0.00531. The minimum atomic E-state index is -0.654. The number of benzene rings is 1. The van der Waals surface area contributed by atoms with Crippen molar-refractivity contribution in [3.05, 3.63) is 30.1 Å². The number of nitrogens with one attached hydrogen (secondary N) is 2. The molecule has 0 aromatic heterocycles. The molecule has 0 spiro atoms. The second-order valence-corrected chi connectivity index (χ2v) is 4.30. The number of para-hydroxylation sites is 1. The van der Waals surface area contributed by atoms with Crippen LogP contribution >= 0.6 is 0 Å².